The average Bonchev–Trinajstić information content (AvgIpc) is 2.54. The second-order valence-electron chi connectivity index (χ2n) is 5.50. The molecule has 0 aliphatic carbocycles. The molecule has 0 radical (unpaired) electrons. The van der Waals surface area contributed by atoms with E-state index in [1.54, 1.807) is 0 Å². The maximum Gasteiger partial charge on any atom is 0.232 e. The maximum absolute atomic E-state index is 4.44. The van der Waals surface area contributed by atoms with Crippen LogP contribution in [0.4, 0.5) is 0 Å². The zero-order valence-electron chi connectivity index (χ0n) is 11.5. The van der Waals surface area contributed by atoms with Gasteiger partial charge >= 0.3 is 0 Å². The minimum absolute atomic E-state index is 0.935. The third-order valence-electron chi connectivity index (χ3n) is 4.31. The summed E-state index contributed by atoms with van der Waals surface area (Å²) in [6.45, 7) is 4.01. The van der Waals surface area contributed by atoms with Crippen molar-refractivity contribution in [1.29, 1.82) is 0 Å². The lowest BCUT2D eigenvalue weighted by Gasteiger charge is -2.19. The first-order chi connectivity index (χ1) is 9.93. The predicted octanol–water partition coefficient (Wildman–Crippen LogP) is 0.650. The van der Waals surface area contributed by atoms with E-state index in [1.165, 1.54) is 28.1 Å². The zero-order chi connectivity index (χ0) is 13.4. The van der Waals surface area contributed by atoms with E-state index in [0.29, 0.717) is 0 Å². The summed E-state index contributed by atoms with van der Waals surface area (Å²) < 4.78 is 2.33. The Bertz CT molecular complexity index is 593. The molecule has 0 amide bonds. The van der Waals surface area contributed by atoms with Crippen LogP contribution in [0.15, 0.2) is 30.7 Å². The van der Waals surface area contributed by atoms with Gasteiger partial charge in [-0.3, -0.25) is 4.98 Å². The van der Waals surface area contributed by atoms with Gasteiger partial charge in [-0.25, -0.2) is 0 Å². The van der Waals surface area contributed by atoms with Crippen molar-refractivity contribution < 1.29 is 4.57 Å². The molecule has 2 N–H and O–H groups in total. The van der Waals surface area contributed by atoms with Gasteiger partial charge in [0, 0.05) is 29.9 Å². The third kappa shape index (κ3) is 1.92. The van der Waals surface area contributed by atoms with Crippen LogP contribution in [0, 0.1) is 0 Å². The second kappa shape index (κ2) is 4.96. The highest BCUT2D eigenvalue weighted by Gasteiger charge is 2.25. The van der Waals surface area contributed by atoms with Gasteiger partial charge in [0.2, 0.25) is 11.4 Å². The zero-order valence-corrected chi connectivity index (χ0v) is 11.5. The molecule has 20 heavy (non-hydrogen) atoms. The van der Waals surface area contributed by atoms with Gasteiger partial charge in [-0.15, -0.1) is 0 Å². The number of fused-ring (bicyclic) bond motifs is 2. The van der Waals surface area contributed by atoms with E-state index in [0.717, 1.165) is 39.0 Å². The Hall–Kier alpha value is -1.78. The summed E-state index contributed by atoms with van der Waals surface area (Å²) in [4.78, 5) is 4.44. The molecule has 0 atom stereocenters. The SMILES string of the molecule is c1cc2c([n+](-c3cncc4c3CCNC4)c1)CNCC2. The maximum atomic E-state index is 4.44. The fraction of sp³-hybridized carbons (Fsp3) is 0.375. The molecule has 2 aromatic rings. The summed E-state index contributed by atoms with van der Waals surface area (Å²) in [6, 6.07) is 4.40. The van der Waals surface area contributed by atoms with Crippen LogP contribution in [-0.2, 0) is 25.9 Å². The molecular weight excluding hydrogens is 248 g/mol. The summed E-state index contributed by atoms with van der Waals surface area (Å²) >= 11 is 0. The van der Waals surface area contributed by atoms with E-state index in [4.69, 9.17) is 0 Å². The van der Waals surface area contributed by atoms with Gasteiger partial charge in [-0.1, -0.05) is 0 Å². The van der Waals surface area contributed by atoms with Crippen molar-refractivity contribution in [2.75, 3.05) is 13.1 Å². The van der Waals surface area contributed by atoms with E-state index < -0.39 is 0 Å². The fourth-order valence-electron chi connectivity index (χ4n) is 3.27. The Balaban J connectivity index is 1.90. The van der Waals surface area contributed by atoms with E-state index in [2.05, 4.69) is 38.5 Å². The van der Waals surface area contributed by atoms with Gasteiger partial charge in [-0.05, 0) is 37.6 Å². The van der Waals surface area contributed by atoms with Crippen molar-refractivity contribution in [2.45, 2.75) is 25.9 Å². The van der Waals surface area contributed by atoms with E-state index in [1.807, 2.05) is 12.4 Å². The smallest absolute Gasteiger partial charge is 0.232 e. The molecule has 0 fully saturated rings. The van der Waals surface area contributed by atoms with Crippen LogP contribution >= 0.6 is 0 Å². The lowest BCUT2D eigenvalue weighted by atomic mass is 10.0. The Kier molecular flexibility index (Phi) is 2.98. The molecular formula is C16H19N4+. The molecule has 0 aromatic carbocycles. The molecule has 102 valence electrons. The number of rotatable bonds is 1. The monoisotopic (exact) mass is 267 g/mol. The standard InChI is InChI=1S/C16H19N4/c1-2-12-3-5-18-10-15(12)20(7-1)16-11-19-9-13-8-17-6-4-14(13)16/h1-2,7,9,11,17-18H,3-6,8,10H2/q+1. The van der Waals surface area contributed by atoms with Gasteiger partial charge in [0.25, 0.3) is 0 Å². The van der Waals surface area contributed by atoms with Crippen LogP contribution in [-0.4, -0.2) is 18.1 Å². The highest BCUT2D eigenvalue weighted by molar-refractivity contribution is 5.39. The van der Waals surface area contributed by atoms with E-state index in [9.17, 15) is 0 Å². The number of pyridine rings is 2. The first-order valence-corrected chi connectivity index (χ1v) is 7.33. The Morgan fingerprint density at radius 2 is 1.90 bits per heavy atom. The molecule has 0 bridgehead atoms. The van der Waals surface area contributed by atoms with E-state index >= 15 is 0 Å². The molecule has 4 rings (SSSR count). The van der Waals surface area contributed by atoms with Gasteiger partial charge in [-0.2, -0.15) is 4.57 Å². The largest absolute Gasteiger partial charge is 0.312 e. The Labute approximate surface area is 118 Å². The molecule has 4 heterocycles. The Morgan fingerprint density at radius 3 is 2.90 bits per heavy atom. The van der Waals surface area contributed by atoms with Crippen molar-refractivity contribution in [3.05, 3.63) is 53.1 Å². The van der Waals surface area contributed by atoms with Crippen LogP contribution in [0.3, 0.4) is 0 Å². The summed E-state index contributed by atoms with van der Waals surface area (Å²) in [5.74, 6) is 0. The van der Waals surface area contributed by atoms with Crippen LogP contribution in [0.5, 0.6) is 0 Å². The first kappa shape index (κ1) is 12.0. The molecule has 0 saturated heterocycles. The van der Waals surface area contributed by atoms with E-state index in [-0.39, 0.29) is 0 Å². The highest BCUT2D eigenvalue weighted by Crippen LogP contribution is 2.19. The summed E-state index contributed by atoms with van der Waals surface area (Å²) in [5.41, 5.74) is 6.88. The van der Waals surface area contributed by atoms with Gasteiger partial charge < -0.3 is 10.6 Å². The molecule has 0 spiro atoms. The number of nitrogens with zero attached hydrogens (tertiary/aromatic N) is 2. The number of nitrogens with one attached hydrogen (secondary N) is 2. The summed E-state index contributed by atoms with van der Waals surface area (Å²) in [5, 5.41) is 6.90. The number of aromatic nitrogens is 2. The molecule has 2 aliphatic rings. The molecule has 0 saturated carbocycles. The van der Waals surface area contributed by atoms with Crippen LogP contribution in [0.2, 0.25) is 0 Å². The second-order valence-corrected chi connectivity index (χ2v) is 5.50. The number of hydrogen-bond donors (Lipinski definition) is 2. The lowest BCUT2D eigenvalue weighted by Crippen LogP contribution is -2.43. The van der Waals surface area contributed by atoms with Crippen molar-refractivity contribution in [1.82, 2.24) is 15.6 Å². The molecule has 2 aromatic heterocycles. The van der Waals surface area contributed by atoms with Gasteiger partial charge in [0.15, 0.2) is 6.20 Å². The molecule has 2 aliphatic heterocycles. The molecule has 0 unspecified atom stereocenters. The minimum Gasteiger partial charge on any atom is -0.312 e. The first-order valence-electron chi connectivity index (χ1n) is 7.33. The number of hydrogen-bond acceptors (Lipinski definition) is 3. The van der Waals surface area contributed by atoms with Gasteiger partial charge in [0.1, 0.15) is 0 Å². The summed E-state index contributed by atoms with van der Waals surface area (Å²) in [6.07, 6.45) is 8.38. The Morgan fingerprint density at radius 1 is 1.00 bits per heavy atom. The van der Waals surface area contributed by atoms with Crippen molar-refractivity contribution in [2.24, 2.45) is 0 Å². The van der Waals surface area contributed by atoms with Crippen LogP contribution < -0.4 is 15.2 Å². The third-order valence-corrected chi connectivity index (χ3v) is 4.31. The quantitative estimate of drug-likeness (QED) is 0.745. The van der Waals surface area contributed by atoms with Crippen molar-refractivity contribution >= 4 is 0 Å². The minimum atomic E-state index is 0.935. The topological polar surface area (TPSA) is 40.8 Å². The molecule has 4 nitrogen and oxygen atoms in total. The highest BCUT2D eigenvalue weighted by atomic mass is 15.0. The lowest BCUT2D eigenvalue weighted by molar-refractivity contribution is -0.606. The molecule has 4 heteroatoms. The van der Waals surface area contributed by atoms with Crippen molar-refractivity contribution in [3.8, 4) is 5.69 Å². The average molecular weight is 267 g/mol. The van der Waals surface area contributed by atoms with Crippen LogP contribution in [0.25, 0.3) is 5.69 Å². The van der Waals surface area contributed by atoms with Crippen molar-refractivity contribution in [3.63, 3.8) is 0 Å². The normalized spacial score (nSPS) is 17.4. The summed E-state index contributed by atoms with van der Waals surface area (Å²) in [7, 11) is 0. The van der Waals surface area contributed by atoms with Crippen LogP contribution in [0.1, 0.15) is 22.4 Å². The fourth-order valence-corrected chi connectivity index (χ4v) is 3.27. The van der Waals surface area contributed by atoms with Gasteiger partial charge in [0.05, 0.1) is 12.7 Å². The predicted molar refractivity (Wildman–Crippen MR) is 76.6 cm³/mol.